The highest BCUT2D eigenvalue weighted by molar-refractivity contribution is 5.88. The van der Waals surface area contributed by atoms with Crippen LogP contribution in [0.25, 0.3) is 10.8 Å². The summed E-state index contributed by atoms with van der Waals surface area (Å²) >= 11 is 0. The van der Waals surface area contributed by atoms with Crippen LogP contribution in [0.4, 0.5) is 0 Å². The zero-order valence-electron chi connectivity index (χ0n) is 19.3. The Kier molecular flexibility index (Phi) is 8.02. The lowest BCUT2D eigenvalue weighted by Gasteiger charge is -2.14. The molecular weight excluding hydrogens is 418 g/mol. The number of carbonyl (C=O) groups excluding carboxylic acids is 2. The number of methoxy groups -OCH3 is 1. The fraction of sp³-hybridized carbons (Fsp3) is 0.269. The third-order valence-corrected chi connectivity index (χ3v) is 5.17. The van der Waals surface area contributed by atoms with Gasteiger partial charge in [-0.2, -0.15) is 5.10 Å². The fourth-order valence-electron chi connectivity index (χ4n) is 3.33. The summed E-state index contributed by atoms with van der Waals surface area (Å²) < 4.78 is 11.0. The van der Waals surface area contributed by atoms with E-state index >= 15 is 0 Å². The van der Waals surface area contributed by atoms with E-state index in [2.05, 4.69) is 29.7 Å². The largest absolute Gasteiger partial charge is 0.496 e. The molecule has 33 heavy (non-hydrogen) atoms. The molecule has 3 rings (SSSR count). The quantitative estimate of drug-likeness (QED) is 0.384. The van der Waals surface area contributed by atoms with Crippen LogP contribution in [-0.2, 0) is 9.59 Å². The Labute approximate surface area is 193 Å². The first-order valence-corrected chi connectivity index (χ1v) is 10.8. The van der Waals surface area contributed by atoms with Crippen LogP contribution in [0.2, 0.25) is 0 Å². The van der Waals surface area contributed by atoms with E-state index in [9.17, 15) is 9.59 Å². The number of aryl methyl sites for hydroxylation is 1. The molecule has 0 aromatic heterocycles. The van der Waals surface area contributed by atoms with Crippen molar-refractivity contribution in [2.45, 2.75) is 26.7 Å². The van der Waals surface area contributed by atoms with E-state index in [0.717, 1.165) is 33.2 Å². The van der Waals surface area contributed by atoms with Crippen molar-refractivity contribution in [2.24, 2.45) is 5.10 Å². The molecular formula is C26H29N3O4. The zero-order chi connectivity index (χ0) is 23.8. The highest BCUT2D eigenvalue weighted by Gasteiger charge is 2.11. The summed E-state index contributed by atoms with van der Waals surface area (Å²) in [5, 5.41) is 8.66. The summed E-state index contributed by atoms with van der Waals surface area (Å²) in [6.45, 7) is 5.74. The number of hydrogen-bond donors (Lipinski definition) is 2. The topological polar surface area (TPSA) is 89.0 Å². The van der Waals surface area contributed by atoms with Crippen LogP contribution >= 0.6 is 0 Å². The predicted molar refractivity (Wildman–Crippen MR) is 130 cm³/mol. The minimum Gasteiger partial charge on any atom is -0.496 e. The summed E-state index contributed by atoms with van der Waals surface area (Å²) in [7, 11) is 1.65. The Balaban J connectivity index is 1.46. The van der Waals surface area contributed by atoms with Crippen molar-refractivity contribution in [3.05, 3.63) is 71.3 Å². The number of carbonyl (C=O) groups is 2. The SMILES string of the molecule is COc1cc(C)c(/C=N\NC(=O)CNC(=O)COc2ccc3ccccc3c2)cc1C(C)C. The minimum absolute atomic E-state index is 0.183. The molecule has 0 spiro atoms. The molecule has 2 N–H and O–H groups in total. The monoisotopic (exact) mass is 447 g/mol. The minimum atomic E-state index is -0.430. The molecule has 0 aliphatic heterocycles. The molecule has 0 saturated carbocycles. The Bertz CT molecular complexity index is 1170. The summed E-state index contributed by atoms with van der Waals surface area (Å²) in [5.41, 5.74) is 5.36. The van der Waals surface area contributed by atoms with E-state index in [1.165, 1.54) is 0 Å². The first-order valence-electron chi connectivity index (χ1n) is 10.8. The van der Waals surface area contributed by atoms with Gasteiger partial charge in [0.2, 0.25) is 0 Å². The van der Waals surface area contributed by atoms with Gasteiger partial charge in [0.1, 0.15) is 11.5 Å². The number of benzene rings is 3. The number of fused-ring (bicyclic) bond motifs is 1. The number of nitrogens with one attached hydrogen (secondary N) is 2. The zero-order valence-corrected chi connectivity index (χ0v) is 19.3. The van der Waals surface area contributed by atoms with Gasteiger partial charge in [0.05, 0.1) is 19.9 Å². The Morgan fingerprint density at radius 1 is 1.03 bits per heavy atom. The van der Waals surface area contributed by atoms with Crippen molar-refractivity contribution in [3.8, 4) is 11.5 Å². The van der Waals surface area contributed by atoms with Gasteiger partial charge >= 0.3 is 0 Å². The van der Waals surface area contributed by atoms with E-state index < -0.39 is 11.8 Å². The molecule has 0 radical (unpaired) electrons. The standard InChI is InChI=1S/C26H29N3O4/c1-17(2)23-13-21(18(3)11-24(23)32-4)14-28-29-25(30)15-27-26(31)16-33-22-10-9-19-7-5-6-8-20(19)12-22/h5-14,17H,15-16H2,1-4H3,(H,27,31)(H,29,30)/b28-14-. The second-order valence-corrected chi connectivity index (χ2v) is 7.97. The fourth-order valence-corrected chi connectivity index (χ4v) is 3.33. The van der Waals surface area contributed by atoms with E-state index in [4.69, 9.17) is 9.47 Å². The Morgan fingerprint density at radius 2 is 1.79 bits per heavy atom. The number of amides is 2. The van der Waals surface area contributed by atoms with Crippen molar-refractivity contribution in [1.29, 1.82) is 0 Å². The van der Waals surface area contributed by atoms with Gasteiger partial charge in [0.25, 0.3) is 11.8 Å². The van der Waals surface area contributed by atoms with Crippen LogP contribution in [0.3, 0.4) is 0 Å². The third kappa shape index (κ3) is 6.55. The highest BCUT2D eigenvalue weighted by Crippen LogP contribution is 2.29. The van der Waals surface area contributed by atoms with Crippen LogP contribution in [0.15, 0.2) is 59.7 Å². The molecule has 3 aromatic rings. The number of nitrogens with zero attached hydrogens (tertiary/aromatic N) is 1. The summed E-state index contributed by atoms with van der Waals surface area (Å²) in [6, 6.07) is 17.5. The van der Waals surface area contributed by atoms with Crippen LogP contribution in [0.1, 0.15) is 36.5 Å². The molecule has 0 aliphatic rings. The molecule has 0 fully saturated rings. The summed E-state index contributed by atoms with van der Waals surface area (Å²) in [4.78, 5) is 24.0. The molecule has 7 heteroatoms. The maximum Gasteiger partial charge on any atom is 0.259 e. The molecule has 0 saturated heterocycles. The molecule has 0 heterocycles. The molecule has 7 nitrogen and oxygen atoms in total. The predicted octanol–water partition coefficient (Wildman–Crippen LogP) is 3.93. The second kappa shape index (κ2) is 11.1. The lowest BCUT2D eigenvalue weighted by atomic mass is 9.97. The molecule has 3 aromatic carbocycles. The number of rotatable bonds is 9. The first-order chi connectivity index (χ1) is 15.9. The van der Waals surface area contributed by atoms with Crippen molar-refractivity contribution in [1.82, 2.24) is 10.7 Å². The Morgan fingerprint density at radius 3 is 2.52 bits per heavy atom. The van der Waals surface area contributed by atoms with Gasteiger partial charge in [0, 0.05) is 0 Å². The lowest BCUT2D eigenvalue weighted by Crippen LogP contribution is -2.37. The van der Waals surface area contributed by atoms with Gasteiger partial charge < -0.3 is 14.8 Å². The molecule has 172 valence electrons. The van der Waals surface area contributed by atoms with Gasteiger partial charge in [-0.3, -0.25) is 9.59 Å². The van der Waals surface area contributed by atoms with Gasteiger partial charge in [-0.1, -0.05) is 44.2 Å². The van der Waals surface area contributed by atoms with Crippen LogP contribution in [-0.4, -0.2) is 38.3 Å². The van der Waals surface area contributed by atoms with Crippen molar-refractivity contribution < 1.29 is 19.1 Å². The lowest BCUT2D eigenvalue weighted by molar-refractivity contribution is -0.127. The Hall–Kier alpha value is -3.87. The molecule has 0 bridgehead atoms. The number of ether oxygens (including phenoxy) is 2. The van der Waals surface area contributed by atoms with E-state index in [-0.39, 0.29) is 19.1 Å². The first kappa shape index (κ1) is 23.8. The number of hydrazone groups is 1. The summed E-state index contributed by atoms with van der Waals surface area (Å²) in [5.74, 6) is 0.885. The summed E-state index contributed by atoms with van der Waals surface area (Å²) in [6.07, 6.45) is 1.59. The van der Waals surface area contributed by atoms with Crippen molar-refractivity contribution >= 4 is 28.8 Å². The second-order valence-electron chi connectivity index (χ2n) is 7.97. The molecule has 0 atom stereocenters. The normalized spacial score (nSPS) is 11.1. The molecule has 0 aliphatic carbocycles. The van der Waals surface area contributed by atoms with Crippen LogP contribution in [0, 0.1) is 6.92 Å². The maximum absolute atomic E-state index is 12.0. The maximum atomic E-state index is 12.0. The highest BCUT2D eigenvalue weighted by atomic mass is 16.5. The van der Waals surface area contributed by atoms with E-state index in [1.807, 2.05) is 61.5 Å². The van der Waals surface area contributed by atoms with Gasteiger partial charge in [-0.25, -0.2) is 5.43 Å². The number of hydrogen-bond acceptors (Lipinski definition) is 5. The smallest absolute Gasteiger partial charge is 0.259 e. The molecule has 2 amide bonds. The third-order valence-electron chi connectivity index (χ3n) is 5.17. The van der Waals surface area contributed by atoms with Crippen LogP contribution < -0.4 is 20.2 Å². The van der Waals surface area contributed by atoms with E-state index in [0.29, 0.717) is 5.75 Å². The van der Waals surface area contributed by atoms with Crippen molar-refractivity contribution in [3.63, 3.8) is 0 Å². The average molecular weight is 448 g/mol. The average Bonchev–Trinajstić information content (AvgIpc) is 2.81. The van der Waals surface area contributed by atoms with Crippen molar-refractivity contribution in [2.75, 3.05) is 20.3 Å². The van der Waals surface area contributed by atoms with Gasteiger partial charge in [-0.05, 0) is 64.6 Å². The van der Waals surface area contributed by atoms with Crippen LogP contribution in [0.5, 0.6) is 11.5 Å². The molecule has 0 unspecified atom stereocenters. The van der Waals surface area contributed by atoms with E-state index in [1.54, 1.807) is 13.3 Å². The van der Waals surface area contributed by atoms with Gasteiger partial charge in [-0.15, -0.1) is 0 Å². The van der Waals surface area contributed by atoms with Gasteiger partial charge in [0.15, 0.2) is 6.61 Å².